The van der Waals surface area contributed by atoms with Crippen molar-refractivity contribution in [3.05, 3.63) is 72.9 Å². The second kappa shape index (κ2) is 67.4. The van der Waals surface area contributed by atoms with Crippen LogP contribution in [0.15, 0.2) is 72.9 Å². The van der Waals surface area contributed by atoms with Gasteiger partial charge in [0, 0.05) is 19.3 Å². The topological polar surface area (TPSA) is 78.9 Å². The Morgan fingerprint density at radius 3 is 0.772 bits per heavy atom. The average Bonchev–Trinajstić information content (AvgIpc) is 3.45. The van der Waals surface area contributed by atoms with E-state index in [1.54, 1.807) is 0 Å². The second-order valence-electron chi connectivity index (χ2n) is 23.1. The number of allylic oxidation sites excluding steroid dienone is 12. The molecule has 6 heteroatoms. The van der Waals surface area contributed by atoms with Crippen molar-refractivity contribution in [2.24, 2.45) is 0 Å². The molecular weight excluding hydrogens is 973 g/mol. The van der Waals surface area contributed by atoms with E-state index in [-0.39, 0.29) is 37.5 Å². The van der Waals surface area contributed by atoms with Crippen molar-refractivity contribution in [2.45, 2.75) is 361 Å². The molecule has 0 aliphatic rings. The lowest BCUT2D eigenvalue weighted by atomic mass is 10.0. The van der Waals surface area contributed by atoms with Crippen LogP contribution in [0.25, 0.3) is 0 Å². The van der Waals surface area contributed by atoms with Gasteiger partial charge < -0.3 is 14.2 Å². The maximum Gasteiger partial charge on any atom is 0.306 e. The standard InChI is InChI=1S/C73H130O6/c1-4-7-10-13-16-19-22-25-28-30-32-34-35-36-37-38-40-41-43-45-48-51-54-57-60-63-66-72(75)78-69-70(68-77-71(74)65-62-59-56-53-50-47-27-24-21-18-15-12-9-6-3)79-73(76)67-64-61-58-55-52-49-46-44-42-39-33-31-29-26-23-20-17-14-11-8-5-2/h8,11,17,20,26,29,33,39,44,46,52,55,70H,4-7,9-10,12-16,18-19,21-25,27-28,30-32,34-38,40-43,45,47-51,53-54,56-69H2,1-3H3/b11-8-,20-17-,29-26-,39-33-,46-44-,55-52-. The predicted molar refractivity (Wildman–Crippen MR) is 344 cm³/mol. The van der Waals surface area contributed by atoms with Gasteiger partial charge in [0.05, 0.1) is 0 Å². The Kier molecular flexibility index (Phi) is 64.7. The van der Waals surface area contributed by atoms with E-state index < -0.39 is 6.10 Å². The Bertz CT molecular complexity index is 1450. The van der Waals surface area contributed by atoms with Gasteiger partial charge >= 0.3 is 17.9 Å². The Morgan fingerprint density at radius 2 is 0.494 bits per heavy atom. The fourth-order valence-corrected chi connectivity index (χ4v) is 10.1. The summed E-state index contributed by atoms with van der Waals surface area (Å²) in [6.07, 6.45) is 87.9. The molecule has 1 unspecified atom stereocenters. The molecule has 0 aromatic heterocycles. The third kappa shape index (κ3) is 65.5. The molecule has 0 spiro atoms. The highest BCUT2D eigenvalue weighted by Gasteiger charge is 2.19. The lowest BCUT2D eigenvalue weighted by Gasteiger charge is -2.18. The number of unbranched alkanes of at least 4 members (excludes halogenated alkanes) is 40. The number of hydrogen-bond donors (Lipinski definition) is 0. The number of carbonyl (C=O) groups is 3. The molecule has 0 aromatic rings. The van der Waals surface area contributed by atoms with Crippen LogP contribution in [0.4, 0.5) is 0 Å². The fourth-order valence-electron chi connectivity index (χ4n) is 10.1. The minimum absolute atomic E-state index is 0.0886. The van der Waals surface area contributed by atoms with Crippen molar-refractivity contribution in [2.75, 3.05) is 13.2 Å². The molecule has 1 atom stereocenters. The van der Waals surface area contributed by atoms with Gasteiger partial charge in [-0.25, -0.2) is 0 Å². The van der Waals surface area contributed by atoms with Crippen molar-refractivity contribution in [3.63, 3.8) is 0 Å². The minimum Gasteiger partial charge on any atom is -0.462 e. The maximum atomic E-state index is 12.9. The first-order valence-electron chi connectivity index (χ1n) is 34.4. The molecule has 0 rings (SSSR count). The number of carbonyl (C=O) groups excluding carboxylic acids is 3. The molecule has 79 heavy (non-hydrogen) atoms. The van der Waals surface area contributed by atoms with Crippen LogP contribution in [0.5, 0.6) is 0 Å². The highest BCUT2D eigenvalue weighted by atomic mass is 16.6. The Labute approximate surface area is 491 Å². The summed E-state index contributed by atoms with van der Waals surface area (Å²) in [5.41, 5.74) is 0. The predicted octanol–water partition coefficient (Wildman–Crippen LogP) is 23.7. The van der Waals surface area contributed by atoms with Crippen LogP contribution in [0.3, 0.4) is 0 Å². The zero-order valence-corrected chi connectivity index (χ0v) is 52.6. The minimum atomic E-state index is -0.797. The van der Waals surface area contributed by atoms with E-state index in [2.05, 4.69) is 93.7 Å². The molecule has 6 nitrogen and oxygen atoms in total. The van der Waals surface area contributed by atoms with E-state index in [0.717, 1.165) is 89.9 Å². The smallest absolute Gasteiger partial charge is 0.306 e. The molecule has 458 valence electrons. The van der Waals surface area contributed by atoms with Crippen molar-refractivity contribution in [3.8, 4) is 0 Å². The molecule has 0 fully saturated rings. The van der Waals surface area contributed by atoms with Gasteiger partial charge in [-0.1, -0.05) is 338 Å². The van der Waals surface area contributed by atoms with Gasteiger partial charge in [-0.2, -0.15) is 0 Å². The van der Waals surface area contributed by atoms with Crippen LogP contribution in [0, 0.1) is 0 Å². The van der Waals surface area contributed by atoms with Gasteiger partial charge in [0.15, 0.2) is 6.10 Å². The van der Waals surface area contributed by atoms with E-state index in [4.69, 9.17) is 14.2 Å². The van der Waals surface area contributed by atoms with Crippen molar-refractivity contribution >= 4 is 17.9 Å². The zero-order chi connectivity index (χ0) is 57.1. The summed E-state index contributed by atoms with van der Waals surface area (Å²) in [6, 6.07) is 0. The van der Waals surface area contributed by atoms with Crippen molar-refractivity contribution < 1.29 is 28.6 Å². The first-order chi connectivity index (χ1) is 39.0. The summed E-state index contributed by atoms with van der Waals surface area (Å²) in [4.78, 5) is 38.4. The Morgan fingerprint density at radius 1 is 0.266 bits per heavy atom. The summed E-state index contributed by atoms with van der Waals surface area (Å²) < 4.78 is 16.9. The van der Waals surface area contributed by atoms with Crippen LogP contribution in [-0.2, 0) is 28.6 Å². The molecule has 0 aliphatic heterocycles. The summed E-state index contributed by atoms with van der Waals surface area (Å²) >= 11 is 0. The summed E-state index contributed by atoms with van der Waals surface area (Å²) in [6.45, 7) is 6.55. The van der Waals surface area contributed by atoms with Crippen LogP contribution < -0.4 is 0 Å². The highest BCUT2D eigenvalue weighted by molar-refractivity contribution is 5.71. The first kappa shape index (κ1) is 75.8. The lowest BCUT2D eigenvalue weighted by molar-refractivity contribution is -0.167. The first-order valence-corrected chi connectivity index (χ1v) is 34.4. The quantitative estimate of drug-likeness (QED) is 0.0261. The van der Waals surface area contributed by atoms with Gasteiger partial charge in [0.25, 0.3) is 0 Å². The van der Waals surface area contributed by atoms with Crippen LogP contribution in [0.2, 0.25) is 0 Å². The summed E-state index contributed by atoms with van der Waals surface area (Å²) in [7, 11) is 0. The van der Waals surface area contributed by atoms with E-state index in [1.165, 1.54) is 218 Å². The summed E-state index contributed by atoms with van der Waals surface area (Å²) in [5.74, 6) is -0.911. The normalized spacial score (nSPS) is 12.5. The fraction of sp³-hybridized carbons (Fsp3) is 0.795. The average molecular weight is 1100 g/mol. The van der Waals surface area contributed by atoms with Crippen LogP contribution in [0.1, 0.15) is 355 Å². The molecule has 0 aromatic carbocycles. The van der Waals surface area contributed by atoms with Crippen LogP contribution >= 0.6 is 0 Å². The summed E-state index contributed by atoms with van der Waals surface area (Å²) in [5, 5.41) is 0. The number of rotatable bonds is 63. The lowest BCUT2D eigenvalue weighted by Crippen LogP contribution is -2.30. The molecular formula is C73H130O6. The Balaban J connectivity index is 4.32. The molecule has 0 saturated heterocycles. The van der Waals surface area contributed by atoms with E-state index in [1.807, 2.05) is 0 Å². The molecule has 0 N–H and O–H groups in total. The van der Waals surface area contributed by atoms with Crippen molar-refractivity contribution in [1.29, 1.82) is 0 Å². The number of ether oxygens (including phenoxy) is 3. The SMILES string of the molecule is CC/C=C\C/C=C\C/C=C\C/C=C\C/C=C\C/C=C\CCCCC(=O)OC(COC(=O)CCCCCCCCCCCCCCCC)COC(=O)CCCCCCCCCCCCCCCCCCCCCCCCCCCC. The third-order valence-corrected chi connectivity index (χ3v) is 15.2. The third-order valence-electron chi connectivity index (χ3n) is 15.2. The molecule has 0 aliphatic carbocycles. The van der Waals surface area contributed by atoms with E-state index in [0.29, 0.717) is 19.3 Å². The second-order valence-corrected chi connectivity index (χ2v) is 23.1. The van der Waals surface area contributed by atoms with Crippen molar-refractivity contribution in [1.82, 2.24) is 0 Å². The molecule has 0 saturated carbocycles. The molecule has 0 radical (unpaired) electrons. The van der Waals surface area contributed by atoms with E-state index in [9.17, 15) is 14.4 Å². The molecule has 0 heterocycles. The van der Waals surface area contributed by atoms with Gasteiger partial charge in [0.2, 0.25) is 0 Å². The zero-order valence-electron chi connectivity index (χ0n) is 52.6. The monoisotopic (exact) mass is 1100 g/mol. The van der Waals surface area contributed by atoms with Gasteiger partial charge in [-0.05, 0) is 70.6 Å². The van der Waals surface area contributed by atoms with Crippen LogP contribution in [-0.4, -0.2) is 37.2 Å². The largest absolute Gasteiger partial charge is 0.462 e. The highest BCUT2D eigenvalue weighted by Crippen LogP contribution is 2.18. The maximum absolute atomic E-state index is 12.9. The molecule has 0 amide bonds. The van der Waals surface area contributed by atoms with E-state index >= 15 is 0 Å². The van der Waals surface area contributed by atoms with Gasteiger partial charge in [-0.15, -0.1) is 0 Å². The van der Waals surface area contributed by atoms with Gasteiger partial charge in [-0.3, -0.25) is 14.4 Å². The number of hydrogen-bond acceptors (Lipinski definition) is 6. The van der Waals surface area contributed by atoms with Gasteiger partial charge in [0.1, 0.15) is 13.2 Å². The Hall–Kier alpha value is -3.15. The number of esters is 3. The molecule has 0 bridgehead atoms.